The Bertz CT molecular complexity index is 1040. The molecule has 3 rings (SSSR count). The van der Waals surface area contributed by atoms with Crippen molar-refractivity contribution in [3.8, 4) is 5.69 Å². The highest BCUT2D eigenvalue weighted by Gasteiger charge is 2.15. The van der Waals surface area contributed by atoms with Crippen LogP contribution in [0.1, 0.15) is 22.5 Å². The topological polar surface area (TPSA) is 58.4 Å². The number of anilines is 1. The number of hydrogen-bond donors (Lipinski definition) is 2. The van der Waals surface area contributed by atoms with Crippen molar-refractivity contribution < 1.29 is 4.79 Å². The van der Waals surface area contributed by atoms with Gasteiger partial charge in [0.25, 0.3) is 0 Å². The molecule has 0 fully saturated rings. The molecule has 0 aliphatic rings. The molecule has 0 spiro atoms. The van der Waals surface area contributed by atoms with Crippen LogP contribution in [0.25, 0.3) is 5.69 Å². The van der Waals surface area contributed by atoms with Crippen LogP contribution < -0.4 is 10.7 Å². The van der Waals surface area contributed by atoms with Crippen LogP contribution in [0.4, 0.5) is 10.5 Å². The van der Waals surface area contributed by atoms with Crippen molar-refractivity contribution in [3.05, 3.63) is 80.0 Å². The zero-order valence-corrected chi connectivity index (χ0v) is 18.9. The summed E-state index contributed by atoms with van der Waals surface area (Å²) in [6.45, 7) is 6.03. The molecule has 0 unspecified atom stereocenters. The Hall–Kier alpha value is -2.38. The predicted molar refractivity (Wildman–Crippen MR) is 122 cm³/mol. The molecule has 2 amide bonds. The standard InChI is InChI=1S/C21H20Br2N4O/c1-13-11-16(9-10-19(13)22)25-21(28)26-24-12-18-14(2)27(15(3)20(18)23)17-7-5-4-6-8-17/h4-12H,1-3H3,(H2,25,26,28)/b24-12+. The van der Waals surface area contributed by atoms with Crippen molar-refractivity contribution in [2.75, 3.05) is 5.32 Å². The number of rotatable bonds is 4. The molecule has 144 valence electrons. The number of carbonyl (C=O) groups excluding carboxylic acids is 1. The van der Waals surface area contributed by atoms with Gasteiger partial charge in [-0.3, -0.25) is 0 Å². The zero-order chi connectivity index (χ0) is 20.3. The number of hydrogen-bond acceptors (Lipinski definition) is 2. The molecular weight excluding hydrogens is 484 g/mol. The summed E-state index contributed by atoms with van der Waals surface area (Å²) < 4.78 is 4.09. The Balaban J connectivity index is 1.74. The first-order valence-electron chi connectivity index (χ1n) is 8.67. The monoisotopic (exact) mass is 502 g/mol. The molecule has 7 heteroatoms. The third-order valence-corrected chi connectivity index (χ3v) is 6.30. The van der Waals surface area contributed by atoms with E-state index < -0.39 is 6.03 Å². The van der Waals surface area contributed by atoms with Crippen molar-refractivity contribution in [1.29, 1.82) is 0 Å². The van der Waals surface area contributed by atoms with Gasteiger partial charge < -0.3 is 9.88 Å². The summed E-state index contributed by atoms with van der Waals surface area (Å²) >= 11 is 7.08. The van der Waals surface area contributed by atoms with E-state index in [2.05, 4.69) is 64.4 Å². The lowest BCUT2D eigenvalue weighted by molar-refractivity contribution is 0.252. The highest BCUT2D eigenvalue weighted by atomic mass is 79.9. The molecule has 0 radical (unpaired) electrons. The molecule has 0 saturated heterocycles. The molecule has 0 saturated carbocycles. The van der Waals surface area contributed by atoms with Gasteiger partial charge >= 0.3 is 6.03 Å². The number of amides is 2. The minimum atomic E-state index is -0.397. The van der Waals surface area contributed by atoms with Gasteiger partial charge in [-0.25, -0.2) is 10.2 Å². The van der Waals surface area contributed by atoms with E-state index in [-0.39, 0.29) is 0 Å². The van der Waals surface area contributed by atoms with Gasteiger partial charge in [0.2, 0.25) is 0 Å². The van der Waals surface area contributed by atoms with Crippen LogP contribution in [0.2, 0.25) is 0 Å². The van der Waals surface area contributed by atoms with E-state index in [4.69, 9.17) is 0 Å². The summed E-state index contributed by atoms with van der Waals surface area (Å²) in [7, 11) is 0. The van der Waals surface area contributed by atoms with Crippen molar-refractivity contribution in [2.45, 2.75) is 20.8 Å². The number of nitrogens with zero attached hydrogens (tertiary/aromatic N) is 2. The second-order valence-electron chi connectivity index (χ2n) is 6.36. The second kappa shape index (κ2) is 8.75. The molecule has 1 heterocycles. The predicted octanol–water partition coefficient (Wildman–Crippen LogP) is 6.08. The molecule has 0 atom stereocenters. The third kappa shape index (κ3) is 4.36. The zero-order valence-electron chi connectivity index (χ0n) is 15.8. The number of halogens is 2. The molecule has 2 aromatic carbocycles. The van der Waals surface area contributed by atoms with Crippen molar-refractivity contribution in [3.63, 3.8) is 0 Å². The Kier molecular flexibility index (Phi) is 6.36. The SMILES string of the molecule is Cc1cc(NC(=O)N/N=C/c2c(Br)c(C)n(-c3ccccc3)c2C)ccc1Br. The van der Waals surface area contributed by atoms with Crippen LogP contribution in [0.15, 0.2) is 62.6 Å². The van der Waals surface area contributed by atoms with Crippen LogP contribution in [0.5, 0.6) is 0 Å². The largest absolute Gasteiger partial charge is 0.339 e. The van der Waals surface area contributed by atoms with Crippen LogP contribution >= 0.6 is 31.9 Å². The summed E-state index contributed by atoms with van der Waals surface area (Å²) in [4.78, 5) is 12.1. The Morgan fingerprint density at radius 2 is 1.75 bits per heavy atom. The molecular formula is C21H20Br2N4O. The minimum Gasteiger partial charge on any atom is -0.317 e. The highest BCUT2D eigenvalue weighted by Crippen LogP contribution is 2.29. The fraction of sp³-hybridized carbons (Fsp3) is 0.143. The number of urea groups is 1. The van der Waals surface area contributed by atoms with Crippen LogP contribution in [0.3, 0.4) is 0 Å². The van der Waals surface area contributed by atoms with Crippen LogP contribution in [-0.2, 0) is 0 Å². The van der Waals surface area contributed by atoms with Crippen molar-refractivity contribution in [2.24, 2.45) is 5.10 Å². The van der Waals surface area contributed by atoms with Crippen molar-refractivity contribution >= 4 is 49.8 Å². The average molecular weight is 504 g/mol. The number of nitrogens with one attached hydrogen (secondary N) is 2. The number of para-hydroxylation sites is 1. The Morgan fingerprint density at radius 1 is 1.04 bits per heavy atom. The third-order valence-electron chi connectivity index (χ3n) is 4.40. The normalized spacial score (nSPS) is 11.0. The van der Waals surface area contributed by atoms with Gasteiger partial charge in [0.1, 0.15) is 0 Å². The van der Waals surface area contributed by atoms with Crippen LogP contribution in [0, 0.1) is 20.8 Å². The van der Waals surface area contributed by atoms with Gasteiger partial charge in [0.05, 0.1) is 6.21 Å². The maximum absolute atomic E-state index is 12.1. The maximum Gasteiger partial charge on any atom is 0.339 e. The summed E-state index contributed by atoms with van der Waals surface area (Å²) in [6.07, 6.45) is 1.65. The maximum atomic E-state index is 12.1. The van der Waals surface area contributed by atoms with Gasteiger partial charge in [0, 0.05) is 37.3 Å². The fourth-order valence-electron chi connectivity index (χ4n) is 2.98. The summed E-state index contributed by atoms with van der Waals surface area (Å²) in [5.41, 5.74) is 8.36. The molecule has 2 N–H and O–H groups in total. The molecule has 5 nitrogen and oxygen atoms in total. The lowest BCUT2D eigenvalue weighted by atomic mass is 10.2. The summed E-state index contributed by atoms with van der Waals surface area (Å²) in [5, 5.41) is 6.87. The summed E-state index contributed by atoms with van der Waals surface area (Å²) in [6, 6.07) is 15.3. The van der Waals surface area contributed by atoms with E-state index in [0.29, 0.717) is 5.69 Å². The van der Waals surface area contributed by atoms with E-state index in [1.54, 1.807) is 6.21 Å². The quantitative estimate of drug-likeness (QED) is 0.328. The number of carbonyl (C=O) groups is 1. The lowest BCUT2D eigenvalue weighted by Gasteiger charge is -2.09. The van der Waals surface area contributed by atoms with Gasteiger partial charge in [-0.2, -0.15) is 5.10 Å². The minimum absolute atomic E-state index is 0.397. The molecule has 0 aliphatic heterocycles. The first-order chi connectivity index (χ1) is 13.4. The number of hydrazone groups is 1. The molecule has 1 aromatic heterocycles. The Morgan fingerprint density at radius 3 is 2.43 bits per heavy atom. The average Bonchev–Trinajstić information content (AvgIpc) is 2.88. The first-order valence-corrected chi connectivity index (χ1v) is 10.3. The number of aryl methyl sites for hydroxylation is 1. The molecule has 0 bridgehead atoms. The number of aromatic nitrogens is 1. The van der Waals surface area contributed by atoms with E-state index in [9.17, 15) is 4.79 Å². The molecule has 0 aliphatic carbocycles. The van der Waals surface area contributed by atoms with Gasteiger partial charge in [-0.1, -0.05) is 34.1 Å². The highest BCUT2D eigenvalue weighted by molar-refractivity contribution is 9.10. The first kappa shape index (κ1) is 20.4. The van der Waals surface area contributed by atoms with Gasteiger partial charge in [-0.05, 0) is 72.6 Å². The Labute approximate surface area is 181 Å². The van der Waals surface area contributed by atoms with E-state index in [0.717, 1.165) is 37.1 Å². The molecule has 3 aromatic rings. The van der Waals surface area contributed by atoms with Gasteiger partial charge in [0.15, 0.2) is 0 Å². The molecule has 28 heavy (non-hydrogen) atoms. The second-order valence-corrected chi connectivity index (χ2v) is 8.00. The van der Waals surface area contributed by atoms with Crippen LogP contribution in [-0.4, -0.2) is 16.8 Å². The van der Waals surface area contributed by atoms with Gasteiger partial charge in [-0.15, -0.1) is 0 Å². The van der Waals surface area contributed by atoms with Crippen molar-refractivity contribution in [1.82, 2.24) is 9.99 Å². The summed E-state index contributed by atoms with van der Waals surface area (Å²) in [5.74, 6) is 0. The van der Waals surface area contributed by atoms with E-state index in [1.807, 2.05) is 57.2 Å². The lowest BCUT2D eigenvalue weighted by Crippen LogP contribution is -2.24. The van der Waals surface area contributed by atoms with E-state index in [1.165, 1.54) is 0 Å². The fourth-order valence-corrected chi connectivity index (χ4v) is 3.79. The van der Waals surface area contributed by atoms with E-state index >= 15 is 0 Å². The number of benzene rings is 2. The smallest absolute Gasteiger partial charge is 0.317 e.